The molecule has 0 atom stereocenters. The summed E-state index contributed by atoms with van der Waals surface area (Å²) in [4.78, 5) is 37.7. The van der Waals surface area contributed by atoms with Crippen LogP contribution in [0.2, 0.25) is 0 Å². The molecule has 0 spiro atoms. The maximum atomic E-state index is 12.7. The third-order valence-corrected chi connectivity index (χ3v) is 11.5. The topological polar surface area (TPSA) is 78.9 Å². The van der Waals surface area contributed by atoms with Gasteiger partial charge < -0.3 is 14.2 Å². The van der Waals surface area contributed by atoms with Crippen molar-refractivity contribution in [3.8, 4) is 0 Å². The van der Waals surface area contributed by atoms with E-state index in [4.69, 9.17) is 14.2 Å². The third kappa shape index (κ3) is 41.9. The average Bonchev–Trinajstić information content (AvgIpc) is 3.17. The van der Waals surface area contributed by atoms with E-state index < -0.39 is 6.10 Å². The molecule has 0 radical (unpaired) electrons. The molecule has 0 saturated carbocycles. The monoisotopic (exact) mass is 783 g/mol. The van der Waals surface area contributed by atoms with Gasteiger partial charge in [0.05, 0.1) is 5.75 Å². The van der Waals surface area contributed by atoms with Crippen LogP contribution >= 0.6 is 11.8 Å². The smallest absolute Gasteiger partial charge is 0.316 e. The second-order valence-corrected chi connectivity index (χ2v) is 17.1. The average molecular weight is 783 g/mol. The van der Waals surface area contributed by atoms with Crippen molar-refractivity contribution in [2.75, 3.05) is 24.7 Å². The highest BCUT2D eigenvalue weighted by molar-refractivity contribution is 7.99. The first kappa shape index (κ1) is 52.8. The lowest BCUT2D eigenvalue weighted by Crippen LogP contribution is -2.31. The van der Waals surface area contributed by atoms with Gasteiger partial charge in [-0.05, 0) is 25.0 Å². The van der Waals surface area contributed by atoms with Crippen LogP contribution in [0.3, 0.4) is 0 Å². The summed E-state index contributed by atoms with van der Waals surface area (Å²) < 4.78 is 16.7. The number of unbranched alkanes of at least 4 members (excludes halogenated alkanes) is 31. The zero-order valence-corrected chi connectivity index (χ0v) is 37.0. The van der Waals surface area contributed by atoms with E-state index in [0.29, 0.717) is 12.8 Å². The maximum absolute atomic E-state index is 12.7. The zero-order valence-electron chi connectivity index (χ0n) is 36.2. The van der Waals surface area contributed by atoms with Gasteiger partial charge in [-0.3, -0.25) is 14.4 Å². The van der Waals surface area contributed by atoms with Gasteiger partial charge >= 0.3 is 17.9 Å². The number of rotatable bonds is 44. The van der Waals surface area contributed by atoms with Crippen molar-refractivity contribution in [3.05, 3.63) is 0 Å². The molecule has 0 bridgehead atoms. The number of hydrogen-bond acceptors (Lipinski definition) is 7. The van der Waals surface area contributed by atoms with Crippen LogP contribution in [-0.2, 0) is 28.6 Å². The Hall–Kier alpha value is -1.24. The molecule has 320 valence electrons. The van der Waals surface area contributed by atoms with E-state index in [1.165, 1.54) is 173 Å². The van der Waals surface area contributed by atoms with E-state index in [-0.39, 0.29) is 36.9 Å². The summed E-state index contributed by atoms with van der Waals surface area (Å²) in [5.74, 6) is 0.292. The van der Waals surface area contributed by atoms with Crippen molar-refractivity contribution in [2.45, 2.75) is 258 Å². The number of carbonyl (C=O) groups is 3. The van der Waals surface area contributed by atoms with Crippen molar-refractivity contribution in [1.82, 2.24) is 0 Å². The van der Waals surface area contributed by atoms with Gasteiger partial charge in [0, 0.05) is 12.8 Å². The molecule has 0 fully saturated rings. The second kappa shape index (κ2) is 44.5. The van der Waals surface area contributed by atoms with E-state index in [1.54, 1.807) is 11.8 Å². The van der Waals surface area contributed by atoms with Gasteiger partial charge in [-0.2, -0.15) is 11.8 Å². The van der Waals surface area contributed by atoms with E-state index in [0.717, 1.165) is 50.7 Å². The lowest BCUT2D eigenvalue weighted by atomic mass is 10.1. The molecule has 0 N–H and O–H groups in total. The number of carbonyl (C=O) groups excluding carboxylic acids is 3. The minimum atomic E-state index is -0.771. The summed E-state index contributed by atoms with van der Waals surface area (Å²) in [6, 6.07) is 0. The van der Waals surface area contributed by atoms with Crippen LogP contribution in [0, 0.1) is 0 Å². The second-order valence-electron chi connectivity index (χ2n) is 16.0. The van der Waals surface area contributed by atoms with Gasteiger partial charge in [0.15, 0.2) is 6.10 Å². The molecule has 0 aliphatic heterocycles. The molecule has 0 aromatic heterocycles. The van der Waals surface area contributed by atoms with E-state index in [9.17, 15) is 14.4 Å². The summed E-state index contributed by atoms with van der Waals surface area (Å²) >= 11 is 1.59. The Balaban J connectivity index is 4.31. The van der Waals surface area contributed by atoms with Crippen molar-refractivity contribution < 1.29 is 28.6 Å². The maximum Gasteiger partial charge on any atom is 0.316 e. The molecule has 6 nitrogen and oxygen atoms in total. The van der Waals surface area contributed by atoms with Crippen molar-refractivity contribution in [2.24, 2.45) is 0 Å². The molecule has 0 aromatic rings. The van der Waals surface area contributed by atoms with E-state index in [1.807, 2.05) is 0 Å². The van der Waals surface area contributed by atoms with Crippen LogP contribution in [-0.4, -0.2) is 48.7 Å². The summed E-state index contributed by atoms with van der Waals surface area (Å²) in [6.45, 7) is 6.63. The highest BCUT2D eigenvalue weighted by atomic mass is 32.2. The summed E-state index contributed by atoms with van der Waals surface area (Å²) in [5.41, 5.74) is 0. The standard InChI is InChI=1S/C47H90O6S/c1-4-7-10-13-16-19-22-25-28-31-34-37-40-54-43-47(50)53-44(41-51-45(48)38-35-32-29-26-23-20-17-14-11-8-5-2)42-52-46(49)39-36-33-30-27-24-21-18-15-12-9-6-3/h44H,4-43H2,1-3H3. The van der Waals surface area contributed by atoms with Crippen LogP contribution in [0.15, 0.2) is 0 Å². The van der Waals surface area contributed by atoms with Crippen LogP contribution in [0.4, 0.5) is 0 Å². The lowest BCUT2D eigenvalue weighted by molar-refractivity contribution is -0.165. The Morgan fingerprint density at radius 1 is 0.370 bits per heavy atom. The summed E-state index contributed by atoms with van der Waals surface area (Å²) in [6.07, 6.45) is 42.7. The normalized spacial score (nSPS) is 11.3. The van der Waals surface area contributed by atoms with Crippen molar-refractivity contribution >= 4 is 29.7 Å². The molecule has 0 aliphatic carbocycles. The fourth-order valence-corrected chi connectivity index (χ4v) is 7.71. The van der Waals surface area contributed by atoms with E-state index >= 15 is 0 Å². The Labute approximate surface area is 339 Å². The molecule has 0 rings (SSSR count). The first-order valence-electron chi connectivity index (χ1n) is 23.6. The van der Waals surface area contributed by atoms with Crippen molar-refractivity contribution in [1.29, 1.82) is 0 Å². The summed E-state index contributed by atoms with van der Waals surface area (Å²) in [7, 11) is 0. The molecular weight excluding hydrogens is 693 g/mol. The number of ether oxygens (including phenoxy) is 3. The molecule has 0 amide bonds. The fraction of sp³-hybridized carbons (Fsp3) is 0.936. The van der Waals surface area contributed by atoms with Crippen LogP contribution in [0.25, 0.3) is 0 Å². The Morgan fingerprint density at radius 2 is 0.648 bits per heavy atom. The first-order valence-corrected chi connectivity index (χ1v) is 24.8. The van der Waals surface area contributed by atoms with Gasteiger partial charge in [0.25, 0.3) is 0 Å². The number of thioether (sulfide) groups is 1. The number of hydrogen-bond donors (Lipinski definition) is 0. The fourth-order valence-electron chi connectivity index (χ4n) is 6.92. The van der Waals surface area contributed by atoms with Crippen molar-refractivity contribution in [3.63, 3.8) is 0 Å². The quantitative estimate of drug-likeness (QED) is 0.0346. The third-order valence-electron chi connectivity index (χ3n) is 10.5. The molecule has 54 heavy (non-hydrogen) atoms. The molecular formula is C47H90O6S. The van der Waals surface area contributed by atoms with Crippen LogP contribution in [0.5, 0.6) is 0 Å². The predicted molar refractivity (Wildman–Crippen MR) is 232 cm³/mol. The van der Waals surface area contributed by atoms with Gasteiger partial charge in [0.1, 0.15) is 13.2 Å². The first-order chi connectivity index (χ1) is 26.5. The highest BCUT2D eigenvalue weighted by Crippen LogP contribution is 2.16. The molecule has 0 aromatic carbocycles. The number of esters is 3. The van der Waals surface area contributed by atoms with E-state index in [2.05, 4.69) is 20.8 Å². The Kier molecular flexibility index (Phi) is 43.5. The minimum Gasteiger partial charge on any atom is -0.462 e. The van der Waals surface area contributed by atoms with Crippen LogP contribution < -0.4 is 0 Å². The molecule has 7 heteroatoms. The predicted octanol–water partition coefficient (Wildman–Crippen LogP) is 14.8. The lowest BCUT2D eigenvalue weighted by Gasteiger charge is -2.18. The van der Waals surface area contributed by atoms with Gasteiger partial charge in [0.2, 0.25) is 0 Å². The minimum absolute atomic E-state index is 0.0717. The Bertz CT molecular complexity index is 763. The van der Waals surface area contributed by atoms with Gasteiger partial charge in [-0.1, -0.05) is 220 Å². The molecule has 0 aliphatic rings. The molecule has 0 unspecified atom stereocenters. The molecule has 0 saturated heterocycles. The largest absolute Gasteiger partial charge is 0.462 e. The highest BCUT2D eigenvalue weighted by Gasteiger charge is 2.19. The van der Waals surface area contributed by atoms with Crippen LogP contribution in [0.1, 0.15) is 252 Å². The SMILES string of the molecule is CCCCCCCCCCCCCCSCC(=O)OC(COC(=O)CCCCCCCCCCCCC)COC(=O)CCCCCCCCCCCCC. The van der Waals surface area contributed by atoms with Gasteiger partial charge in [-0.25, -0.2) is 0 Å². The Morgan fingerprint density at radius 3 is 0.963 bits per heavy atom. The zero-order chi connectivity index (χ0) is 39.4. The van der Waals surface area contributed by atoms with Gasteiger partial charge in [-0.15, -0.1) is 0 Å². The molecule has 0 heterocycles. The summed E-state index contributed by atoms with van der Waals surface area (Å²) in [5, 5.41) is 0.